The molecule has 0 bridgehead atoms. The molecule has 0 N–H and O–H groups in total. The number of hydrogen-bond acceptors (Lipinski definition) is 6. The van der Waals surface area contributed by atoms with Crippen molar-refractivity contribution >= 4 is 29.7 Å². The van der Waals surface area contributed by atoms with E-state index in [2.05, 4.69) is 4.57 Å². The van der Waals surface area contributed by atoms with Crippen molar-refractivity contribution in [3.05, 3.63) is 24.0 Å². The number of amides is 1. The Morgan fingerprint density at radius 2 is 1.82 bits per heavy atom. The molecule has 1 aliphatic heterocycles. The van der Waals surface area contributed by atoms with Gasteiger partial charge in [0.05, 0.1) is 41.4 Å². The maximum atomic E-state index is 12.5. The molecule has 1 amide bonds. The van der Waals surface area contributed by atoms with Gasteiger partial charge >= 0.3 is 13.2 Å². The van der Waals surface area contributed by atoms with E-state index in [-0.39, 0.29) is 12.2 Å². The molecule has 1 fully saturated rings. The van der Waals surface area contributed by atoms with Crippen LogP contribution in [0.4, 0.5) is 4.79 Å². The van der Waals surface area contributed by atoms with Crippen LogP contribution in [-0.2, 0) is 25.3 Å². The van der Waals surface area contributed by atoms with E-state index >= 15 is 0 Å². The molecule has 188 valence electrons. The number of fused-ring (bicyclic) bond motifs is 1. The lowest BCUT2D eigenvalue weighted by Crippen LogP contribution is -2.41. The SMILES string of the molecule is CCO[C@@H](CN(C)C(=O)OC(C)(C)C)Cn1c(C)nc2cccc(B3OC(C)(C)C(C)(C)O3)c21. The zero-order chi connectivity index (χ0) is 25.5. The second kappa shape index (κ2) is 9.51. The van der Waals surface area contributed by atoms with E-state index in [9.17, 15) is 4.79 Å². The number of hydrogen-bond donors (Lipinski definition) is 0. The van der Waals surface area contributed by atoms with Gasteiger partial charge in [-0.15, -0.1) is 0 Å². The summed E-state index contributed by atoms with van der Waals surface area (Å²) in [6.45, 7) is 19.2. The summed E-state index contributed by atoms with van der Waals surface area (Å²) in [5.41, 5.74) is 1.34. The normalized spacial score (nSPS) is 18.4. The number of para-hydroxylation sites is 1. The molecule has 1 aromatic carbocycles. The van der Waals surface area contributed by atoms with Gasteiger partial charge in [0.15, 0.2) is 0 Å². The third-order valence-electron chi connectivity index (χ3n) is 6.47. The smallest absolute Gasteiger partial charge is 0.444 e. The number of carbonyl (C=O) groups is 1. The third-order valence-corrected chi connectivity index (χ3v) is 6.47. The standard InChI is InChI=1S/C25H40BN3O5/c1-11-31-18(15-28(10)22(30)32-23(3,4)5)16-29-17(2)27-20-14-12-13-19(21(20)29)26-33-24(6,7)25(8,9)34-26/h12-14,18H,11,15-16H2,1-10H3/t18-/m0/s1. The first-order valence-electron chi connectivity index (χ1n) is 12.0. The molecule has 2 aromatic rings. The van der Waals surface area contributed by atoms with Crippen LogP contribution in [-0.4, -0.2) is 70.8 Å². The van der Waals surface area contributed by atoms with Gasteiger partial charge in [0, 0.05) is 19.1 Å². The van der Waals surface area contributed by atoms with Gasteiger partial charge in [0.25, 0.3) is 0 Å². The lowest BCUT2D eigenvalue weighted by atomic mass is 9.78. The summed E-state index contributed by atoms with van der Waals surface area (Å²) in [5, 5.41) is 0. The summed E-state index contributed by atoms with van der Waals surface area (Å²) in [5.74, 6) is 0.864. The largest absolute Gasteiger partial charge is 0.497 e. The lowest BCUT2D eigenvalue weighted by Gasteiger charge is -2.32. The Kier molecular flexibility index (Phi) is 7.42. The van der Waals surface area contributed by atoms with Crippen molar-refractivity contribution < 1.29 is 23.6 Å². The van der Waals surface area contributed by atoms with Crippen molar-refractivity contribution in [1.29, 1.82) is 0 Å². The van der Waals surface area contributed by atoms with E-state index in [1.54, 1.807) is 11.9 Å². The van der Waals surface area contributed by atoms with E-state index in [1.807, 2.05) is 80.5 Å². The van der Waals surface area contributed by atoms with Gasteiger partial charge in [-0.2, -0.15) is 0 Å². The number of benzene rings is 1. The second-order valence-corrected chi connectivity index (χ2v) is 11.0. The minimum absolute atomic E-state index is 0.245. The number of imidazole rings is 1. The average Bonchev–Trinajstić information content (AvgIpc) is 3.12. The fourth-order valence-electron chi connectivity index (χ4n) is 4.04. The summed E-state index contributed by atoms with van der Waals surface area (Å²) in [4.78, 5) is 18.9. The van der Waals surface area contributed by atoms with Crippen LogP contribution < -0.4 is 5.46 Å². The highest BCUT2D eigenvalue weighted by molar-refractivity contribution is 6.65. The van der Waals surface area contributed by atoms with Gasteiger partial charge in [-0.05, 0) is 68.4 Å². The molecule has 3 rings (SSSR count). The van der Waals surface area contributed by atoms with Crippen molar-refractivity contribution in [3.8, 4) is 0 Å². The zero-order valence-electron chi connectivity index (χ0n) is 22.4. The maximum absolute atomic E-state index is 12.5. The molecule has 1 atom stereocenters. The Balaban J connectivity index is 1.91. The molecular formula is C25H40BN3O5. The number of aryl methyl sites for hydroxylation is 1. The van der Waals surface area contributed by atoms with Crippen LogP contribution in [0, 0.1) is 6.92 Å². The molecule has 0 aliphatic carbocycles. The summed E-state index contributed by atoms with van der Waals surface area (Å²) < 4.78 is 26.4. The molecule has 1 aromatic heterocycles. The number of nitrogens with zero attached hydrogens (tertiary/aromatic N) is 3. The molecule has 0 radical (unpaired) electrons. The first-order valence-corrected chi connectivity index (χ1v) is 12.0. The van der Waals surface area contributed by atoms with E-state index < -0.39 is 23.9 Å². The van der Waals surface area contributed by atoms with E-state index in [1.165, 1.54) is 0 Å². The average molecular weight is 473 g/mol. The molecule has 8 nitrogen and oxygen atoms in total. The summed E-state index contributed by atoms with van der Waals surface area (Å²) in [6, 6.07) is 6.01. The topological polar surface area (TPSA) is 75.0 Å². The van der Waals surface area contributed by atoms with Crippen LogP contribution in [0.2, 0.25) is 0 Å². The quantitative estimate of drug-likeness (QED) is 0.568. The molecule has 0 spiro atoms. The Morgan fingerprint density at radius 3 is 2.38 bits per heavy atom. The summed E-state index contributed by atoms with van der Waals surface area (Å²) in [6.07, 6.45) is -0.618. The number of carbonyl (C=O) groups excluding carboxylic acids is 1. The minimum Gasteiger partial charge on any atom is -0.444 e. The first-order chi connectivity index (χ1) is 15.6. The Morgan fingerprint density at radius 1 is 1.21 bits per heavy atom. The lowest BCUT2D eigenvalue weighted by molar-refractivity contribution is 0.00179. The molecule has 2 heterocycles. The van der Waals surface area contributed by atoms with Crippen molar-refractivity contribution in [1.82, 2.24) is 14.5 Å². The highest BCUT2D eigenvalue weighted by Gasteiger charge is 2.52. The van der Waals surface area contributed by atoms with Crippen molar-refractivity contribution in [3.63, 3.8) is 0 Å². The van der Waals surface area contributed by atoms with Gasteiger partial charge in [-0.1, -0.05) is 12.1 Å². The van der Waals surface area contributed by atoms with Crippen molar-refractivity contribution in [2.45, 2.75) is 91.8 Å². The van der Waals surface area contributed by atoms with Crippen LogP contribution in [0.3, 0.4) is 0 Å². The number of rotatable bonds is 7. The highest BCUT2D eigenvalue weighted by atomic mass is 16.7. The van der Waals surface area contributed by atoms with Gasteiger partial charge < -0.3 is 28.2 Å². The predicted octanol–water partition coefficient (Wildman–Crippen LogP) is 3.92. The second-order valence-electron chi connectivity index (χ2n) is 11.0. The zero-order valence-corrected chi connectivity index (χ0v) is 22.4. The Labute approximate surface area is 204 Å². The molecule has 9 heteroatoms. The minimum atomic E-state index is -0.554. The molecule has 1 aliphatic rings. The highest BCUT2D eigenvalue weighted by Crippen LogP contribution is 2.37. The van der Waals surface area contributed by atoms with E-state index in [0.717, 1.165) is 22.3 Å². The fourth-order valence-corrected chi connectivity index (χ4v) is 4.04. The van der Waals surface area contributed by atoms with Crippen LogP contribution in [0.25, 0.3) is 11.0 Å². The number of aromatic nitrogens is 2. The fraction of sp³-hybridized carbons (Fsp3) is 0.680. The molecule has 34 heavy (non-hydrogen) atoms. The maximum Gasteiger partial charge on any atom is 0.497 e. The van der Waals surface area contributed by atoms with Gasteiger partial charge in [0.2, 0.25) is 0 Å². The number of ether oxygens (including phenoxy) is 2. The number of likely N-dealkylation sites (N-methyl/N-ethyl adjacent to an activating group) is 1. The van der Waals surface area contributed by atoms with Gasteiger partial charge in [-0.25, -0.2) is 9.78 Å². The van der Waals surface area contributed by atoms with Crippen LogP contribution in [0.5, 0.6) is 0 Å². The van der Waals surface area contributed by atoms with E-state index in [4.69, 9.17) is 23.8 Å². The summed E-state index contributed by atoms with van der Waals surface area (Å²) >= 11 is 0. The molecule has 1 saturated heterocycles. The van der Waals surface area contributed by atoms with Crippen LogP contribution in [0.1, 0.15) is 61.2 Å². The molecule has 0 saturated carbocycles. The van der Waals surface area contributed by atoms with Crippen LogP contribution in [0.15, 0.2) is 18.2 Å². The monoisotopic (exact) mass is 473 g/mol. The molecule has 0 unspecified atom stereocenters. The Bertz CT molecular complexity index is 1010. The van der Waals surface area contributed by atoms with Crippen molar-refractivity contribution in [2.24, 2.45) is 0 Å². The van der Waals surface area contributed by atoms with Crippen molar-refractivity contribution in [2.75, 3.05) is 20.2 Å². The van der Waals surface area contributed by atoms with Crippen LogP contribution >= 0.6 is 0 Å². The first kappa shape index (κ1) is 26.5. The third kappa shape index (κ3) is 5.58. The predicted molar refractivity (Wildman–Crippen MR) is 134 cm³/mol. The Hall–Kier alpha value is -2.10. The van der Waals surface area contributed by atoms with E-state index in [0.29, 0.717) is 19.7 Å². The van der Waals surface area contributed by atoms with Gasteiger partial charge in [-0.3, -0.25) is 0 Å². The summed E-state index contributed by atoms with van der Waals surface area (Å²) in [7, 11) is 1.23. The molecular weight excluding hydrogens is 433 g/mol. The van der Waals surface area contributed by atoms with Gasteiger partial charge in [0.1, 0.15) is 11.4 Å².